The van der Waals surface area contributed by atoms with Crippen LogP contribution in [0.15, 0.2) is 53.3 Å². The van der Waals surface area contributed by atoms with Crippen LogP contribution >= 0.6 is 11.3 Å². The molecule has 28 heavy (non-hydrogen) atoms. The highest BCUT2D eigenvalue weighted by atomic mass is 32.1. The number of benzene rings is 2. The number of fused-ring (bicyclic) bond motifs is 2. The minimum Gasteiger partial charge on any atom is -0.296 e. The van der Waals surface area contributed by atoms with E-state index >= 15 is 0 Å². The van der Waals surface area contributed by atoms with E-state index in [9.17, 15) is 4.79 Å². The molecule has 4 rings (SSSR count). The summed E-state index contributed by atoms with van der Waals surface area (Å²) in [6.07, 6.45) is 2.57. The molecule has 5 heteroatoms. The van der Waals surface area contributed by atoms with Gasteiger partial charge >= 0.3 is 0 Å². The molecular formula is C23H21N3OS. The molecule has 0 N–H and O–H groups in total. The Bertz CT molecular complexity index is 1240. The summed E-state index contributed by atoms with van der Waals surface area (Å²) < 4.78 is 1.77. The van der Waals surface area contributed by atoms with Gasteiger partial charge in [-0.25, -0.2) is 4.98 Å². The number of nitrogens with zero attached hydrogens (tertiary/aromatic N) is 3. The Morgan fingerprint density at radius 1 is 1.14 bits per heavy atom. The Kier molecular flexibility index (Phi) is 5.23. The smallest absolute Gasteiger partial charge is 0.262 e. The lowest BCUT2D eigenvalue weighted by Crippen LogP contribution is -2.25. The Labute approximate surface area is 167 Å². The zero-order valence-electron chi connectivity index (χ0n) is 15.8. The quantitative estimate of drug-likeness (QED) is 0.434. The van der Waals surface area contributed by atoms with Gasteiger partial charge in [-0.1, -0.05) is 49.4 Å². The molecule has 0 atom stereocenters. The van der Waals surface area contributed by atoms with Gasteiger partial charge in [0.15, 0.2) is 0 Å². The van der Waals surface area contributed by atoms with Crippen molar-refractivity contribution < 1.29 is 0 Å². The minimum atomic E-state index is 0.00845. The highest BCUT2D eigenvalue weighted by Gasteiger charge is 2.15. The molecule has 0 amide bonds. The molecule has 140 valence electrons. The summed E-state index contributed by atoms with van der Waals surface area (Å²) in [5, 5.41) is 12.0. The van der Waals surface area contributed by atoms with Crippen LogP contribution in [0.25, 0.3) is 21.0 Å². The molecule has 0 spiro atoms. The van der Waals surface area contributed by atoms with Crippen molar-refractivity contribution in [1.29, 1.82) is 5.26 Å². The summed E-state index contributed by atoms with van der Waals surface area (Å²) in [4.78, 5) is 20.0. The number of thiophene rings is 1. The molecule has 0 saturated carbocycles. The van der Waals surface area contributed by atoms with E-state index in [0.29, 0.717) is 31.2 Å². The van der Waals surface area contributed by atoms with E-state index in [2.05, 4.69) is 43.3 Å². The summed E-state index contributed by atoms with van der Waals surface area (Å²) in [5.41, 5.74) is 1.17. The molecule has 0 bridgehead atoms. The lowest BCUT2D eigenvalue weighted by molar-refractivity contribution is 0.598. The van der Waals surface area contributed by atoms with E-state index in [1.807, 2.05) is 18.2 Å². The number of aromatic nitrogens is 2. The van der Waals surface area contributed by atoms with Crippen LogP contribution in [0.4, 0.5) is 0 Å². The van der Waals surface area contributed by atoms with Gasteiger partial charge in [0, 0.05) is 24.3 Å². The Hall–Kier alpha value is -2.97. The molecule has 0 fully saturated rings. The van der Waals surface area contributed by atoms with E-state index in [-0.39, 0.29) is 5.56 Å². The maximum Gasteiger partial charge on any atom is 0.262 e. The fourth-order valence-electron chi connectivity index (χ4n) is 3.58. The third-order valence-corrected chi connectivity index (χ3v) is 6.20. The van der Waals surface area contributed by atoms with Crippen LogP contribution in [0.3, 0.4) is 0 Å². The van der Waals surface area contributed by atoms with Gasteiger partial charge in [0.25, 0.3) is 5.56 Å². The lowest BCUT2D eigenvalue weighted by atomic mass is 10.0. The summed E-state index contributed by atoms with van der Waals surface area (Å²) in [6.45, 7) is 2.61. The third kappa shape index (κ3) is 3.44. The zero-order chi connectivity index (χ0) is 19.5. The molecule has 0 saturated heterocycles. The van der Waals surface area contributed by atoms with Crippen molar-refractivity contribution in [2.24, 2.45) is 0 Å². The summed E-state index contributed by atoms with van der Waals surface area (Å²) in [5.74, 6) is 0.774. The molecule has 0 aliphatic heterocycles. The van der Waals surface area contributed by atoms with Gasteiger partial charge in [0.1, 0.15) is 10.7 Å². The first-order chi connectivity index (χ1) is 13.7. The van der Waals surface area contributed by atoms with Crippen molar-refractivity contribution in [3.63, 3.8) is 0 Å². The Balaban J connectivity index is 1.85. The first-order valence-corrected chi connectivity index (χ1v) is 10.4. The molecule has 0 unspecified atom stereocenters. The highest BCUT2D eigenvalue weighted by molar-refractivity contribution is 7.18. The molecule has 2 aromatic heterocycles. The minimum absolute atomic E-state index is 0.00845. The van der Waals surface area contributed by atoms with Crippen LogP contribution in [0, 0.1) is 11.3 Å². The van der Waals surface area contributed by atoms with Gasteiger partial charge in [-0.2, -0.15) is 5.26 Å². The van der Waals surface area contributed by atoms with Gasteiger partial charge in [-0.15, -0.1) is 11.3 Å². The molecule has 2 heterocycles. The van der Waals surface area contributed by atoms with Crippen LogP contribution < -0.4 is 5.56 Å². The zero-order valence-corrected chi connectivity index (χ0v) is 16.6. The number of aryl methyl sites for hydroxylation is 1. The van der Waals surface area contributed by atoms with Crippen LogP contribution in [0.2, 0.25) is 0 Å². The Morgan fingerprint density at radius 2 is 1.96 bits per heavy atom. The van der Waals surface area contributed by atoms with Crippen LogP contribution in [-0.2, 0) is 19.4 Å². The predicted octanol–water partition coefficient (Wildman–Crippen LogP) is 5.07. The second-order valence-electron chi connectivity index (χ2n) is 6.85. The van der Waals surface area contributed by atoms with Crippen molar-refractivity contribution in [1.82, 2.24) is 9.55 Å². The molecule has 2 aromatic carbocycles. The van der Waals surface area contributed by atoms with Gasteiger partial charge in [0.05, 0.1) is 11.5 Å². The maximum atomic E-state index is 13.2. The van der Waals surface area contributed by atoms with Gasteiger partial charge in [0.2, 0.25) is 0 Å². The summed E-state index contributed by atoms with van der Waals surface area (Å²) >= 11 is 1.60. The second-order valence-corrected chi connectivity index (χ2v) is 7.96. The SMILES string of the molecule is CCc1cc2c(=O)n(CCCC#N)c(Cc3cccc4ccccc34)nc2s1. The topological polar surface area (TPSA) is 58.7 Å². The maximum absolute atomic E-state index is 13.2. The number of hydrogen-bond acceptors (Lipinski definition) is 4. The molecule has 4 aromatic rings. The lowest BCUT2D eigenvalue weighted by Gasteiger charge is -2.13. The van der Waals surface area contributed by atoms with Gasteiger partial charge in [-0.3, -0.25) is 9.36 Å². The average Bonchev–Trinajstić information content (AvgIpc) is 3.14. The van der Waals surface area contributed by atoms with Gasteiger partial charge < -0.3 is 0 Å². The largest absolute Gasteiger partial charge is 0.296 e. The van der Waals surface area contributed by atoms with Gasteiger partial charge in [-0.05, 0) is 35.2 Å². The number of rotatable bonds is 6. The standard InChI is InChI=1S/C23H21N3OS/c1-2-18-15-20-22(28-18)25-21(26(23(20)27)13-6-5-12-24)14-17-10-7-9-16-8-3-4-11-19(16)17/h3-4,7-11,15H,2,5-6,13-14H2,1H3. The molecular weight excluding hydrogens is 366 g/mol. The first kappa shape index (κ1) is 18.4. The third-order valence-electron chi connectivity index (χ3n) is 5.03. The van der Waals surface area contributed by atoms with Crippen molar-refractivity contribution in [2.75, 3.05) is 0 Å². The van der Waals surface area contributed by atoms with E-state index in [1.54, 1.807) is 15.9 Å². The van der Waals surface area contributed by atoms with Crippen molar-refractivity contribution >= 4 is 32.3 Å². The first-order valence-electron chi connectivity index (χ1n) is 9.57. The highest BCUT2D eigenvalue weighted by Crippen LogP contribution is 2.25. The van der Waals surface area contributed by atoms with E-state index in [1.165, 1.54) is 15.6 Å². The molecule has 0 aliphatic carbocycles. The normalized spacial score (nSPS) is 11.1. The van der Waals surface area contributed by atoms with E-state index < -0.39 is 0 Å². The second kappa shape index (κ2) is 7.95. The number of unbranched alkanes of at least 4 members (excludes halogenated alkanes) is 1. The van der Waals surface area contributed by atoms with Crippen molar-refractivity contribution in [3.8, 4) is 6.07 Å². The fraction of sp³-hybridized carbons (Fsp3) is 0.261. The van der Waals surface area contributed by atoms with Crippen molar-refractivity contribution in [2.45, 2.75) is 39.2 Å². The molecule has 0 aliphatic rings. The van der Waals surface area contributed by atoms with E-state index in [4.69, 9.17) is 10.2 Å². The Morgan fingerprint density at radius 3 is 2.79 bits per heavy atom. The van der Waals surface area contributed by atoms with Crippen LogP contribution in [0.1, 0.15) is 36.0 Å². The van der Waals surface area contributed by atoms with E-state index in [0.717, 1.165) is 22.6 Å². The van der Waals surface area contributed by atoms with Crippen LogP contribution in [0.5, 0.6) is 0 Å². The van der Waals surface area contributed by atoms with Crippen molar-refractivity contribution in [3.05, 3.63) is 75.1 Å². The monoisotopic (exact) mass is 387 g/mol. The number of nitriles is 1. The van der Waals surface area contributed by atoms with Crippen LogP contribution in [-0.4, -0.2) is 9.55 Å². The molecule has 4 nitrogen and oxygen atoms in total. The average molecular weight is 388 g/mol. The summed E-state index contributed by atoms with van der Waals surface area (Å²) in [7, 11) is 0. The summed E-state index contributed by atoms with van der Waals surface area (Å²) in [6, 6.07) is 18.7. The predicted molar refractivity (Wildman–Crippen MR) is 115 cm³/mol. The number of hydrogen-bond donors (Lipinski definition) is 0. The molecule has 0 radical (unpaired) electrons. The fourth-order valence-corrected chi connectivity index (χ4v) is 4.56.